The lowest BCUT2D eigenvalue weighted by atomic mass is 10.1. The number of carbonyl (C=O) groups is 1. The van der Waals surface area contributed by atoms with E-state index in [1.165, 1.54) is 24.3 Å². The van der Waals surface area contributed by atoms with Gasteiger partial charge in [-0.15, -0.1) is 0 Å². The van der Waals surface area contributed by atoms with Crippen LogP contribution in [-0.4, -0.2) is 20.9 Å². The topological polar surface area (TPSA) is 103 Å². The summed E-state index contributed by atoms with van der Waals surface area (Å²) in [7, 11) is -3.62. The van der Waals surface area contributed by atoms with Gasteiger partial charge >= 0.3 is 11.6 Å². The summed E-state index contributed by atoms with van der Waals surface area (Å²) in [4.78, 5) is 24.1. The first-order valence-electron chi connectivity index (χ1n) is 10.1. The molecular weight excluding hydrogens is 418 g/mol. The van der Waals surface area contributed by atoms with Crippen molar-refractivity contribution < 1.29 is 22.4 Å². The molecule has 2 aromatic carbocycles. The third-order valence-corrected chi connectivity index (χ3v) is 6.21. The van der Waals surface area contributed by atoms with Gasteiger partial charge in [0, 0.05) is 30.5 Å². The Hall–Kier alpha value is -2.97. The summed E-state index contributed by atoms with van der Waals surface area (Å²) in [6.07, 6.45) is 1.96. The molecule has 0 aliphatic carbocycles. The second-order valence-electron chi connectivity index (χ2n) is 7.29. The molecule has 3 rings (SSSR count). The fourth-order valence-corrected chi connectivity index (χ4v) is 4.25. The Labute approximate surface area is 181 Å². The van der Waals surface area contributed by atoms with E-state index in [-0.39, 0.29) is 30.0 Å². The quantitative estimate of drug-likeness (QED) is 0.234. The Morgan fingerprint density at radius 1 is 1.10 bits per heavy atom. The summed E-state index contributed by atoms with van der Waals surface area (Å²) in [6, 6.07) is 12.9. The van der Waals surface area contributed by atoms with Crippen molar-refractivity contribution in [1.82, 2.24) is 4.72 Å². The molecule has 0 aliphatic rings. The molecule has 0 fully saturated rings. The second-order valence-corrected chi connectivity index (χ2v) is 9.05. The maximum absolute atomic E-state index is 12.2. The summed E-state index contributed by atoms with van der Waals surface area (Å²) in [6.45, 7) is 4.01. The number of carbonyl (C=O) groups excluding carboxylic acids is 1. The van der Waals surface area contributed by atoms with Crippen molar-refractivity contribution in [1.29, 1.82) is 0 Å². The zero-order valence-electron chi connectivity index (χ0n) is 17.5. The van der Waals surface area contributed by atoms with Crippen LogP contribution in [0.2, 0.25) is 0 Å². The van der Waals surface area contributed by atoms with E-state index in [1.807, 2.05) is 13.8 Å². The maximum atomic E-state index is 12.2. The van der Waals surface area contributed by atoms with Crippen molar-refractivity contribution >= 4 is 27.0 Å². The molecule has 3 aromatic rings. The smallest absolute Gasteiger partial charge is 0.336 e. The highest BCUT2D eigenvalue weighted by atomic mass is 32.2. The average Bonchev–Trinajstić information content (AvgIpc) is 2.71. The SMILES string of the molecule is CCCc1cc(=O)oc2cc(OC(=O)CCCNS(=O)(=O)c3ccc(C)cc3)ccc12. The van der Waals surface area contributed by atoms with Crippen LogP contribution in [0.3, 0.4) is 0 Å². The standard InChI is InChI=1S/C23H25NO6S/c1-3-5-17-14-23(26)30-21-15-18(9-12-20(17)21)29-22(25)6-4-13-24-31(27,28)19-10-7-16(2)8-11-19/h7-12,14-15,24H,3-6,13H2,1-2H3. The van der Waals surface area contributed by atoms with Gasteiger partial charge in [-0.2, -0.15) is 0 Å². The van der Waals surface area contributed by atoms with Gasteiger partial charge in [0.1, 0.15) is 11.3 Å². The number of sulfonamides is 1. The molecule has 31 heavy (non-hydrogen) atoms. The molecule has 0 bridgehead atoms. The van der Waals surface area contributed by atoms with E-state index in [1.54, 1.807) is 24.3 Å². The molecule has 0 unspecified atom stereocenters. The predicted octanol–water partition coefficient (Wildman–Crippen LogP) is 3.72. The van der Waals surface area contributed by atoms with Crippen LogP contribution in [-0.2, 0) is 21.2 Å². The number of ether oxygens (including phenoxy) is 1. The fraction of sp³-hybridized carbons (Fsp3) is 0.304. The highest BCUT2D eigenvalue weighted by Crippen LogP contribution is 2.24. The summed E-state index contributed by atoms with van der Waals surface area (Å²) >= 11 is 0. The first-order chi connectivity index (χ1) is 14.8. The molecule has 0 spiro atoms. The summed E-state index contributed by atoms with van der Waals surface area (Å²) in [5.74, 6) is -0.226. The predicted molar refractivity (Wildman–Crippen MR) is 118 cm³/mol. The number of hydrogen-bond acceptors (Lipinski definition) is 6. The van der Waals surface area contributed by atoms with E-state index in [0.717, 1.165) is 29.4 Å². The fourth-order valence-electron chi connectivity index (χ4n) is 3.17. The molecule has 1 heterocycles. The van der Waals surface area contributed by atoms with Gasteiger partial charge in [-0.25, -0.2) is 17.9 Å². The Bertz CT molecular complexity index is 1230. The number of benzene rings is 2. The van der Waals surface area contributed by atoms with E-state index in [9.17, 15) is 18.0 Å². The molecular formula is C23H25NO6S. The summed E-state index contributed by atoms with van der Waals surface area (Å²) in [5, 5.41) is 0.812. The lowest BCUT2D eigenvalue weighted by molar-refractivity contribution is -0.134. The Kier molecular flexibility index (Phi) is 7.25. The van der Waals surface area contributed by atoms with Gasteiger partial charge in [0.05, 0.1) is 4.90 Å². The van der Waals surface area contributed by atoms with Gasteiger partial charge in [0.15, 0.2) is 0 Å². The van der Waals surface area contributed by atoms with Crippen molar-refractivity contribution in [3.8, 4) is 5.75 Å². The number of esters is 1. The number of nitrogens with one attached hydrogen (secondary N) is 1. The Morgan fingerprint density at radius 2 is 1.84 bits per heavy atom. The molecule has 0 amide bonds. The van der Waals surface area contributed by atoms with Crippen LogP contribution in [0.4, 0.5) is 0 Å². The lowest BCUT2D eigenvalue weighted by Gasteiger charge is -2.08. The first-order valence-corrected chi connectivity index (χ1v) is 11.6. The Morgan fingerprint density at radius 3 is 2.55 bits per heavy atom. The first kappa shape index (κ1) is 22.7. The highest BCUT2D eigenvalue weighted by Gasteiger charge is 2.14. The second kappa shape index (κ2) is 9.89. The van der Waals surface area contributed by atoms with Crippen molar-refractivity contribution in [2.45, 2.75) is 44.4 Å². The van der Waals surface area contributed by atoms with Gasteiger partial charge in [-0.3, -0.25) is 4.79 Å². The number of fused-ring (bicyclic) bond motifs is 1. The van der Waals surface area contributed by atoms with E-state index in [4.69, 9.17) is 9.15 Å². The minimum Gasteiger partial charge on any atom is -0.426 e. The van der Waals surface area contributed by atoms with Crippen LogP contribution >= 0.6 is 0 Å². The third-order valence-electron chi connectivity index (χ3n) is 4.73. The summed E-state index contributed by atoms with van der Waals surface area (Å²) in [5.41, 5.74) is 1.79. The van der Waals surface area contributed by atoms with Gasteiger partial charge in [0.25, 0.3) is 0 Å². The van der Waals surface area contributed by atoms with Crippen LogP contribution in [0.5, 0.6) is 5.75 Å². The Balaban J connectivity index is 1.55. The molecule has 0 saturated carbocycles. The average molecular weight is 444 g/mol. The van der Waals surface area contributed by atoms with E-state index in [0.29, 0.717) is 5.58 Å². The van der Waals surface area contributed by atoms with Crippen molar-refractivity contribution in [3.05, 3.63) is 70.1 Å². The number of rotatable bonds is 9. The van der Waals surface area contributed by atoms with Crippen LogP contribution in [0, 0.1) is 6.92 Å². The lowest BCUT2D eigenvalue weighted by Crippen LogP contribution is -2.25. The highest BCUT2D eigenvalue weighted by molar-refractivity contribution is 7.89. The van der Waals surface area contributed by atoms with E-state index < -0.39 is 21.6 Å². The molecule has 0 atom stereocenters. The molecule has 7 nitrogen and oxygen atoms in total. The van der Waals surface area contributed by atoms with Gasteiger partial charge in [-0.05, 0) is 49.6 Å². The molecule has 0 saturated heterocycles. The molecule has 0 aliphatic heterocycles. The largest absolute Gasteiger partial charge is 0.426 e. The van der Waals surface area contributed by atoms with Crippen LogP contribution in [0.25, 0.3) is 11.0 Å². The normalized spacial score (nSPS) is 11.5. The van der Waals surface area contributed by atoms with E-state index >= 15 is 0 Å². The zero-order chi connectivity index (χ0) is 22.4. The van der Waals surface area contributed by atoms with Crippen LogP contribution in [0.1, 0.15) is 37.3 Å². The minimum absolute atomic E-state index is 0.0360. The summed E-state index contributed by atoms with van der Waals surface area (Å²) < 4.78 is 37.5. The van der Waals surface area contributed by atoms with Crippen LogP contribution < -0.4 is 15.1 Å². The zero-order valence-corrected chi connectivity index (χ0v) is 18.3. The van der Waals surface area contributed by atoms with Crippen molar-refractivity contribution in [3.63, 3.8) is 0 Å². The molecule has 8 heteroatoms. The monoisotopic (exact) mass is 443 g/mol. The third kappa shape index (κ3) is 6.02. The van der Waals surface area contributed by atoms with Gasteiger partial charge in [-0.1, -0.05) is 31.0 Å². The molecule has 1 N–H and O–H groups in total. The van der Waals surface area contributed by atoms with Gasteiger partial charge in [0.2, 0.25) is 10.0 Å². The molecule has 0 radical (unpaired) electrons. The minimum atomic E-state index is -3.62. The van der Waals surface area contributed by atoms with Crippen molar-refractivity contribution in [2.75, 3.05) is 6.54 Å². The number of hydrogen-bond donors (Lipinski definition) is 1. The number of aryl methyl sites for hydroxylation is 2. The van der Waals surface area contributed by atoms with Gasteiger partial charge < -0.3 is 9.15 Å². The van der Waals surface area contributed by atoms with Crippen LogP contribution in [0.15, 0.2) is 62.6 Å². The van der Waals surface area contributed by atoms with E-state index in [2.05, 4.69) is 4.72 Å². The molecule has 1 aromatic heterocycles. The maximum Gasteiger partial charge on any atom is 0.336 e. The van der Waals surface area contributed by atoms with Crippen molar-refractivity contribution in [2.24, 2.45) is 0 Å². The molecule has 164 valence electrons.